The molecule has 0 fully saturated rings. The molecule has 0 saturated heterocycles. The molecule has 0 spiro atoms. The maximum absolute atomic E-state index is 12.9. The van der Waals surface area contributed by atoms with Crippen molar-refractivity contribution in [3.05, 3.63) is 52.0 Å². The van der Waals surface area contributed by atoms with Crippen LogP contribution in [0.1, 0.15) is 11.1 Å². The Morgan fingerprint density at radius 1 is 1.47 bits per heavy atom. The molecule has 0 aliphatic heterocycles. The molecule has 1 aromatic heterocycles. The number of rotatable bonds is 2. The highest BCUT2D eigenvalue weighted by Crippen LogP contribution is 2.13. The lowest BCUT2D eigenvalue weighted by molar-refractivity contribution is 0.622. The fourth-order valence-corrected chi connectivity index (χ4v) is 1.76. The van der Waals surface area contributed by atoms with E-state index in [1.54, 1.807) is 12.3 Å². The van der Waals surface area contributed by atoms with Crippen molar-refractivity contribution in [2.75, 3.05) is 0 Å². The van der Waals surface area contributed by atoms with Gasteiger partial charge in [-0.2, -0.15) is 5.10 Å². The van der Waals surface area contributed by atoms with Crippen LogP contribution in [-0.4, -0.2) is 9.78 Å². The molecular formula is C11H10BrFN2. The van der Waals surface area contributed by atoms with Crippen LogP contribution >= 0.6 is 15.9 Å². The fourth-order valence-electron chi connectivity index (χ4n) is 1.44. The third kappa shape index (κ3) is 2.45. The standard InChI is InChI=1S/C11H10BrFN2/c1-8-4-11(13)3-2-9(8)6-15-7-10(12)5-14-15/h2-5,7H,6H2,1H3. The van der Waals surface area contributed by atoms with Gasteiger partial charge in [0, 0.05) is 6.20 Å². The first kappa shape index (κ1) is 10.4. The zero-order chi connectivity index (χ0) is 10.8. The molecule has 0 amide bonds. The number of aryl methyl sites for hydroxylation is 1. The quantitative estimate of drug-likeness (QED) is 0.819. The number of halogens is 2. The molecule has 0 bridgehead atoms. The molecule has 4 heteroatoms. The Labute approximate surface area is 95.9 Å². The van der Waals surface area contributed by atoms with Crippen LogP contribution in [0.5, 0.6) is 0 Å². The molecule has 0 unspecified atom stereocenters. The molecule has 0 aliphatic carbocycles. The molecule has 0 atom stereocenters. The lowest BCUT2D eigenvalue weighted by Gasteiger charge is -2.05. The first-order chi connectivity index (χ1) is 7.15. The van der Waals surface area contributed by atoms with E-state index in [0.717, 1.165) is 15.6 Å². The topological polar surface area (TPSA) is 17.8 Å². The zero-order valence-electron chi connectivity index (χ0n) is 8.24. The first-order valence-corrected chi connectivity index (χ1v) is 5.37. The largest absolute Gasteiger partial charge is 0.267 e. The summed E-state index contributed by atoms with van der Waals surface area (Å²) in [6.07, 6.45) is 3.63. The Morgan fingerprint density at radius 2 is 2.27 bits per heavy atom. The van der Waals surface area contributed by atoms with E-state index >= 15 is 0 Å². The van der Waals surface area contributed by atoms with Crippen LogP contribution in [0.15, 0.2) is 35.1 Å². The van der Waals surface area contributed by atoms with Crippen LogP contribution in [0.4, 0.5) is 4.39 Å². The van der Waals surface area contributed by atoms with Gasteiger partial charge in [-0.25, -0.2) is 4.39 Å². The molecular weight excluding hydrogens is 259 g/mol. The van der Waals surface area contributed by atoms with Gasteiger partial charge in [-0.1, -0.05) is 6.07 Å². The van der Waals surface area contributed by atoms with Gasteiger partial charge in [-0.15, -0.1) is 0 Å². The molecule has 0 radical (unpaired) electrons. The van der Waals surface area contributed by atoms with E-state index in [0.29, 0.717) is 6.54 Å². The maximum Gasteiger partial charge on any atom is 0.123 e. The van der Waals surface area contributed by atoms with Crippen molar-refractivity contribution < 1.29 is 4.39 Å². The molecule has 2 rings (SSSR count). The van der Waals surface area contributed by atoms with E-state index < -0.39 is 0 Å². The van der Waals surface area contributed by atoms with Gasteiger partial charge >= 0.3 is 0 Å². The highest BCUT2D eigenvalue weighted by atomic mass is 79.9. The van der Waals surface area contributed by atoms with Gasteiger partial charge in [0.15, 0.2) is 0 Å². The van der Waals surface area contributed by atoms with Crippen molar-refractivity contribution in [1.82, 2.24) is 9.78 Å². The molecule has 15 heavy (non-hydrogen) atoms. The monoisotopic (exact) mass is 268 g/mol. The number of nitrogens with zero attached hydrogens (tertiary/aromatic N) is 2. The van der Waals surface area contributed by atoms with Crippen molar-refractivity contribution in [3.63, 3.8) is 0 Å². The van der Waals surface area contributed by atoms with E-state index in [2.05, 4.69) is 21.0 Å². The Balaban J connectivity index is 2.24. The molecule has 0 aliphatic rings. The summed E-state index contributed by atoms with van der Waals surface area (Å²) >= 11 is 3.33. The van der Waals surface area contributed by atoms with Gasteiger partial charge in [-0.3, -0.25) is 4.68 Å². The number of hydrogen-bond donors (Lipinski definition) is 0. The highest BCUT2D eigenvalue weighted by Gasteiger charge is 2.02. The zero-order valence-corrected chi connectivity index (χ0v) is 9.83. The van der Waals surface area contributed by atoms with Gasteiger partial charge in [-0.05, 0) is 46.1 Å². The second-order valence-electron chi connectivity index (χ2n) is 3.43. The first-order valence-electron chi connectivity index (χ1n) is 4.58. The highest BCUT2D eigenvalue weighted by molar-refractivity contribution is 9.10. The summed E-state index contributed by atoms with van der Waals surface area (Å²) in [7, 11) is 0. The van der Waals surface area contributed by atoms with Crippen LogP contribution in [0.3, 0.4) is 0 Å². The number of benzene rings is 1. The maximum atomic E-state index is 12.9. The van der Waals surface area contributed by atoms with Crippen LogP contribution in [-0.2, 0) is 6.54 Å². The van der Waals surface area contributed by atoms with Gasteiger partial charge in [0.05, 0.1) is 17.2 Å². The minimum absolute atomic E-state index is 0.196. The average molecular weight is 269 g/mol. The second kappa shape index (κ2) is 4.14. The van der Waals surface area contributed by atoms with Gasteiger partial charge in [0.1, 0.15) is 5.82 Å². The SMILES string of the molecule is Cc1cc(F)ccc1Cn1cc(Br)cn1. The lowest BCUT2D eigenvalue weighted by Crippen LogP contribution is -2.01. The predicted molar refractivity (Wildman–Crippen MR) is 60.2 cm³/mol. The summed E-state index contributed by atoms with van der Waals surface area (Å²) in [5, 5.41) is 4.15. The number of hydrogen-bond acceptors (Lipinski definition) is 1. The summed E-state index contributed by atoms with van der Waals surface area (Å²) in [6, 6.07) is 4.80. The Kier molecular flexibility index (Phi) is 2.86. The van der Waals surface area contributed by atoms with Crippen LogP contribution in [0, 0.1) is 12.7 Å². The molecule has 78 valence electrons. The molecule has 0 saturated carbocycles. The van der Waals surface area contributed by atoms with Crippen LogP contribution < -0.4 is 0 Å². The lowest BCUT2D eigenvalue weighted by atomic mass is 10.1. The van der Waals surface area contributed by atoms with Gasteiger partial charge in [0.25, 0.3) is 0 Å². The van der Waals surface area contributed by atoms with E-state index in [9.17, 15) is 4.39 Å². The molecule has 1 heterocycles. The van der Waals surface area contributed by atoms with E-state index in [4.69, 9.17) is 0 Å². The normalized spacial score (nSPS) is 10.6. The third-order valence-electron chi connectivity index (χ3n) is 2.24. The van der Waals surface area contributed by atoms with Crippen LogP contribution in [0.2, 0.25) is 0 Å². The molecule has 2 nitrogen and oxygen atoms in total. The van der Waals surface area contributed by atoms with Crippen molar-refractivity contribution in [3.8, 4) is 0 Å². The molecule has 2 aromatic rings. The minimum Gasteiger partial charge on any atom is -0.267 e. The van der Waals surface area contributed by atoms with Crippen molar-refractivity contribution in [2.24, 2.45) is 0 Å². The smallest absolute Gasteiger partial charge is 0.123 e. The summed E-state index contributed by atoms with van der Waals surface area (Å²) < 4.78 is 15.6. The Morgan fingerprint density at radius 3 is 2.87 bits per heavy atom. The van der Waals surface area contributed by atoms with Gasteiger partial charge < -0.3 is 0 Å². The summed E-state index contributed by atoms with van der Waals surface area (Å²) in [6.45, 7) is 2.56. The Hall–Kier alpha value is -1.16. The van der Waals surface area contributed by atoms with E-state index in [-0.39, 0.29) is 5.82 Å². The Bertz CT molecular complexity index is 479. The molecule has 1 aromatic carbocycles. The van der Waals surface area contributed by atoms with Crippen molar-refractivity contribution >= 4 is 15.9 Å². The van der Waals surface area contributed by atoms with Gasteiger partial charge in [0.2, 0.25) is 0 Å². The fraction of sp³-hybridized carbons (Fsp3) is 0.182. The number of aromatic nitrogens is 2. The second-order valence-corrected chi connectivity index (χ2v) is 4.34. The summed E-state index contributed by atoms with van der Waals surface area (Å²) in [4.78, 5) is 0. The summed E-state index contributed by atoms with van der Waals surface area (Å²) in [5.41, 5.74) is 2.02. The van der Waals surface area contributed by atoms with E-state index in [1.165, 1.54) is 12.1 Å². The predicted octanol–water partition coefficient (Wildman–Crippen LogP) is 3.14. The van der Waals surface area contributed by atoms with Crippen LogP contribution in [0.25, 0.3) is 0 Å². The average Bonchev–Trinajstić information content (AvgIpc) is 2.56. The van der Waals surface area contributed by atoms with Crippen molar-refractivity contribution in [1.29, 1.82) is 0 Å². The third-order valence-corrected chi connectivity index (χ3v) is 2.65. The van der Waals surface area contributed by atoms with Crippen molar-refractivity contribution in [2.45, 2.75) is 13.5 Å². The molecule has 0 N–H and O–H groups in total. The minimum atomic E-state index is -0.196. The van der Waals surface area contributed by atoms with E-state index in [1.807, 2.05) is 17.8 Å². The summed E-state index contributed by atoms with van der Waals surface area (Å²) in [5.74, 6) is -0.196.